The summed E-state index contributed by atoms with van der Waals surface area (Å²) in [5.41, 5.74) is 2.62. The van der Waals surface area contributed by atoms with Gasteiger partial charge in [-0.15, -0.1) is 0 Å². The largest absolute Gasteiger partial charge is 0.504 e. The van der Waals surface area contributed by atoms with E-state index >= 15 is 0 Å². The monoisotopic (exact) mass is 433 g/mol. The van der Waals surface area contributed by atoms with E-state index < -0.39 is 0 Å². The molecule has 3 rings (SSSR count). The molecule has 2 aromatic carbocycles. The van der Waals surface area contributed by atoms with Crippen molar-refractivity contribution in [2.45, 2.75) is 13.5 Å². The van der Waals surface area contributed by atoms with Crippen LogP contribution in [0.25, 0.3) is 6.08 Å². The molecule has 1 aliphatic heterocycles. The number of phenols is 1. The number of benzene rings is 2. The summed E-state index contributed by atoms with van der Waals surface area (Å²) in [7, 11) is 1.45. The highest BCUT2D eigenvalue weighted by Gasteiger charge is 2.35. The fraction of sp³-hybridized carbons (Fsp3) is 0.158. The van der Waals surface area contributed by atoms with Gasteiger partial charge in [0.15, 0.2) is 11.5 Å². The lowest BCUT2D eigenvalue weighted by Gasteiger charge is -2.12. The lowest BCUT2D eigenvalue weighted by Crippen LogP contribution is -2.27. The molecule has 134 valence electrons. The second kappa shape index (κ2) is 7.55. The number of nitrogens with zero attached hydrogens (tertiary/aromatic N) is 1. The van der Waals surface area contributed by atoms with Crippen LogP contribution in [-0.2, 0) is 11.3 Å². The standard InChI is InChI=1S/C19H16BrNO4S/c1-11-4-3-5-12(6-11)10-21-18(23)17(26-19(21)24)8-13-7-16(25-2)15(22)9-14(13)20/h3-9,22H,10H2,1-2H3/b17-8-. The van der Waals surface area contributed by atoms with Gasteiger partial charge in [-0.2, -0.15) is 0 Å². The van der Waals surface area contributed by atoms with Crippen LogP contribution >= 0.6 is 27.7 Å². The van der Waals surface area contributed by atoms with Crippen molar-refractivity contribution in [1.29, 1.82) is 0 Å². The summed E-state index contributed by atoms with van der Waals surface area (Å²) in [6.07, 6.45) is 1.62. The van der Waals surface area contributed by atoms with Crippen LogP contribution in [0.5, 0.6) is 11.5 Å². The number of thioether (sulfide) groups is 1. The predicted octanol–water partition coefficient (Wildman–Crippen LogP) is 4.71. The Kier molecular flexibility index (Phi) is 5.38. The third-order valence-electron chi connectivity index (χ3n) is 3.88. The summed E-state index contributed by atoms with van der Waals surface area (Å²) >= 11 is 4.25. The summed E-state index contributed by atoms with van der Waals surface area (Å²) in [6.45, 7) is 2.21. The van der Waals surface area contributed by atoms with Crippen LogP contribution in [0.4, 0.5) is 4.79 Å². The van der Waals surface area contributed by atoms with Crippen molar-refractivity contribution < 1.29 is 19.4 Å². The first-order chi connectivity index (χ1) is 12.4. The Bertz CT molecular complexity index is 926. The minimum atomic E-state index is -0.333. The van der Waals surface area contributed by atoms with Gasteiger partial charge in [0.05, 0.1) is 18.6 Å². The Morgan fingerprint density at radius 1 is 1.27 bits per heavy atom. The lowest BCUT2D eigenvalue weighted by molar-refractivity contribution is -0.123. The van der Waals surface area contributed by atoms with Crippen molar-refractivity contribution in [2.24, 2.45) is 0 Å². The third-order valence-corrected chi connectivity index (χ3v) is 5.48. The van der Waals surface area contributed by atoms with Gasteiger partial charge in [-0.05, 0) is 48.0 Å². The molecule has 2 amide bonds. The average molecular weight is 434 g/mol. The molecule has 2 aromatic rings. The number of carbonyl (C=O) groups is 2. The van der Waals surface area contributed by atoms with Gasteiger partial charge >= 0.3 is 0 Å². The minimum Gasteiger partial charge on any atom is -0.504 e. The molecular weight excluding hydrogens is 418 g/mol. The van der Waals surface area contributed by atoms with E-state index in [4.69, 9.17) is 4.74 Å². The van der Waals surface area contributed by atoms with Crippen LogP contribution in [0.2, 0.25) is 0 Å². The second-order valence-electron chi connectivity index (χ2n) is 5.80. The predicted molar refractivity (Wildman–Crippen MR) is 105 cm³/mol. The Balaban J connectivity index is 1.88. The quantitative estimate of drug-likeness (QED) is 0.707. The van der Waals surface area contributed by atoms with Crippen LogP contribution < -0.4 is 4.74 Å². The van der Waals surface area contributed by atoms with E-state index in [1.807, 2.05) is 31.2 Å². The Morgan fingerprint density at radius 3 is 2.73 bits per heavy atom. The summed E-state index contributed by atoms with van der Waals surface area (Å²) in [6, 6.07) is 10.8. The van der Waals surface area contributed by atoms with E-state index in [9.17, 15) is 14.7 Å². The molecule has 0 unspecified atom stereocenters. The summed E-state index contributed by atoms with van der Waals surface area (Å²) in [4.78, 5) is 26.5. The molecule has 0 saturated carbocycles. The number of halogens is 1. The third kappa shape index (κ3) is 3.78. The number of hydrogen-bond donors (Lipinski definition) is 1. The van der Waals surface area contributed by atoms with E-state index in [0.717, 1.165) is 22.9 Å². The highest BCUT2D eigenvalue weighted by molar-refractivity contribution is 9.10. The molecule has 1 aliphatic rings. The molecule has 7 heteroatoms. The molecule has 1 heterocycles. The normalized spacial score (nSPS) is 15.8. The number of imide groups is 1. The van der Waals surface area contributed by atoms with E-state index in [2.05, 4.69) is 15.9 Å². The van der Waals surface area contributed by atoms with Gasteiger partial charge in [0.2, 0.25) is 0 Å². The average Bonchev–Trinajstić information content (AvgIpc) is 2.85. The zero-order valence-corrected chi connectivity index (χ0v) is 16.6. The zero-order valence-electron chi connectivity index (χ0n) is 14.2. The smallest absolute Gasteiger partial charge is 0.293 e. The number of ether oxygens (including phenoxy) is 1. The minimum absolute atomic E-state index is 0.0101. The Labute approximate surface area is 163 Å². The molecule has 0 radical (unpaired) electrons. The zero-order chi connectivity index (χ0) is 18.8. The van der Waals surface area contributed by atoms with E-state index in [-0.39, 0.29) is 23.4 Å². The highest BCUT2D eigenvalue weighted by atomic mass is 79.9. The van der Waals surface area contributed by atoms with E-state index in [1.165, 1.54) is 18.1 Å². The van der Waals surface area contributed by atoms with Gasteiger partial charge in [0.25, 0.3) is 11.1 Å². The summed E-state index contributed by atoms with van der Waals surface area (Å²) in [5, 5.41) is 9.49. The van der Waals surface area contributed by atoms with Crippen LogP contribution in [0.3, 0.4) is 0 Å². The fourth-order valence-corrected chi connectivity index (χ4v) is 3.88. The highest BCUT2D eigenvalue weighted by Crippen LogP contribution is 2.37. The van der Waals surface area contributed by atoms with Gasteiger partial charge in [0.1, 0.15) is 0 Å². The molecule has 0 bridgehead atoms. The number of aromatic hydroxyl groups is 1. The molecule has 1 fully saturated rings. The molecule has 0 atom stereocenters. The molecule has 0 aromatic heterocycles. The maximum atomic E-state index is 12.7. The molecule has 26 heavy (non-hydrogen) atoms. The van der Waals surface area contributed by atoms with Crippen LogP contribution in [-0.4, -0.2) is 28.3 Å². The summed E-state index contributed by atoms with van der Waals surface area (Å²) < 4.78 is 5.69. The molecular formula is C19H16BrNO4S. The molecule has 5 nitrogen and oxygen atoms in total. The van der Waals surface area contributed by atoms with Crippen molar-refractivity contribution in [3.05, 3.63) is 62.5 Å². The first-order valence-electron chi connectivity index (χ1n) is 7.76. The maximum Gasteiger partial charge on any atom is 0.293 e. The SMILES string of the molecule is COc1cc(/C=C2\SC(=O)N(Cc3cccc(C)c3)C2=O)c(Br)cc1O. The number of methoxy groups -OCH3 is 1. The topological polar surface area (TPSA) is 66.8 Å². The van der Waals surface area contributed by atoms with Crippen molar-refractivity contribution >= 4 is 44.9 Å². The van der Waals surface area contributed by atoms with Gasteiger partial charge in [-0.25, -0.2) is 0 Å². The molecule has 1 saturated heterocycles. The van der Waals surface area contributed by atoms with Crippen molar-refractivity contribution in [2.75, 3.05) is 7.11 Å². The maximum absolute atomic E-state index is 12.7. The number of hydrogen-bond acceptors (Lipinski definition) is 5. The van der Waals surface area contributed by atoms with Crippen molar-refractivity contribution in [1.82, 2.24) is 4.90 Å². The summed E-state index contributed by atoms with van der Waals surface area (Å²) in [5.74, 6) is -0.0528. The molecule has 1 N–H and O–H groups in total. The fourth-order valence-electron chi connectivity index (χ4n) is 2.60. The first-order valence-corrected chi connectivity index (χ1v) is 9.37. The Morgan fingerprint density at radius 2 is 2.04 bits per heavy atom. The van der Waals surface area contributed by atoms with Gasteiger partial charge < -0.3 is 9.84 Å². The van der Waals surface area contributed by atoms with Crippen molar-refractivity contribution in [3.63, 3.8) is 0 Å². The Hall–Kier alpha value is -2.25. The van der Waals surface area contributed by atoms with E-state index in [1.54, 1.807) is 12.1 Å². The van der Waals surface area contributed by atoms with Gasteiger partial charge in [0, 0.05) is 4.47 Å². The number of phenolic OH excluding ortho intramolecular Hbond substituents is 1. The number of rotatable bonds is 4. The first kappa shape index (κ1) is 18.5. The van der Waals surface area contributed by atoms with Crippen LogP contribution in [0, 0.1) is 6.92 Å². The van der Waals surface area contributed by atoms with Crippen LogP contribution in [0.1, 0.15) is 16.7 Å². The van der Waals surface area contributed by atoms with Gasteiger partial charge in [-0.1, -0.05) is 45.8 Å². The molecule has 0 spiro atoms. The lowest BCUT2D eigenvalue weighted by atomic mass is 10.1. The number of amides is 2. The van der Waals surface area contributed by atoms with Crippen LogP contribution in [0.15, 0.2) is 45.8 Å². The van der Waals surface area contributed by atoms with E-state index in [0.29, 0.717) is 20.7 Å². The number of aryl methyl sites for hydroxylation is 1. The van der Waals surface area contributed by atoms with Gasteiger partial charge in [-0.3, -0.25) is 14.5 Å². The van der Waals surface area contributed by atoms with Crippen molar-refractivity contribution in [3.8, 4) is 11.5 Å². The number of carbonyl (C=O) groups excluding carboxylic acids is 2. The molecule has 0 aliphatic carbocycles. The second-order valence-corrected chi connectivity index (χ2v) is 7.65.